The minimum atomic E-state index is -0.692. The Balaban J connectivity index is 1.82. The minimum Gasteiger partial charge on any atom is -0.387 e. The number of fused-ring (bicyclic) bond motifs is 1. The quantitative estimate of drug-likeness (QED) is 0.739. The van der Waals surface area contributed by atoms with E-state index in [0.29, 0.717) is 17.1 Å². The van der Waals surface area contributed by atoms with Gasteiger partial charge in [-0.3, -0.25) is 0 Å². The number of aliphatic hydroxyl groups excluding tert-OH is 1. The van der Waals surface area contributed by atoms with Gasteiger partial charge in [0, 0.05) is 23.6 Å². The maximum absolute atomic E-state index is 10.3. The molecule has 2 aromatic heterocycles. The fourth-order valence-corrected chi connectivity index (χ4v) is 3.29. The second-order valence-electron chi connectivity index (χ2n) is 4.90. The van der Waals surface area contributed by atoms with Gasteiger partial charge in [0.1, 0.15) is 16.5 Å². The smallest absolute Gasteiger partial charge is 0.138 e. The van der Waals surface area contributed by atoms with Crippen molar-refractivity contribution >= 4 is 39.0 Å². The van der Waals surface area contributed by atoms with E-state index in [9.17, 15) is 5.11 Å². The molecular weight excluding hydrogens is 318 g/mol. The molecule has 0 saturated carbocycles. The second-order valence-corrected chi connectivity index (χ2v) is 6.20. The third-order valence-electron chi connectivity index (χ3n) is 3.41. The fraction of sp³-hybridized carbons (Fsp3) is 0.250. The largest absolute Gasteiger partial charge is 0.387 e. The lowest BCUT2D eigenvalue weighted by Gasteiger charge is -2.15. The zero-order valence-corrected chi connectivity index (χ0v) is 13.7. The van der Waals surface area contributed by atoms with Gasteiger partial charge in [0.25, 0.3) is 0 Å². The number of aliphatic hydroxyl groups is 1. The van der Waals surface area contributed by atoms with Gasteiger partial charge >= 0.3 is 0 Å². The lowest BCUT2D eigenvalue weighted by molar-refractivity contribution is 0.191. The van der Waals surface area contributed by atoms with E-state index in [1.807, 2.05) is 36.6 Å². The Bertz CT molecular complexity index is 790. The Morgan fingerprint density at radius 2 is 2.09 bits per heavy atom. The van der Waals surface area contributed by atoms with E-state index in [2.05, 4.69) is 15.3 Å². The summed E-state index contributed by atoms with van der Waals surface area (Å²) in [5, 5.41) is 17.1. The topological polar surface area (TPSA) is 58.0 Å². The summed E-state index contributed by atoms with van der Waals surface area (Å²) in [7, 11) is 0. The van der Waals surface area contributed by atoms with Crippen LogP contribution in [0.5, 0.6) is 0 Å². The first kappa shape index (κ1) is 15.2. The van der Waals surface area contributed by atoms with Gasteiger partial charge in [0.05, 0.1) is 11.5 Å². The fourth-order valence-electron chi connectivity index (χ4n) is 2.24. The van der Waals surface area contributed by atoms with Gasteiger partial charge in [-0.05, 0) is 17.5 Å². The summed E-state index contributed by atoms with van der Waals surface area (Å²) in [6.45, 7) is 2.37. The highest BCUT2D eigenvalue weighted by Crippen LogP contribution is 2.27. The lowest BCUT2D eigenvalue weighted by atomic mass is 10.1. The number of halogens is 1. The van der Waals surface area contributed by atoms with Crippen LogP contribution in [0.25, 0.3) is 10.2 Å². The van der Waals surface area contributed by atoms with Gasteiger partial charge in [-0.1, -0.05) is 36.7 Å². The average molecular weight is 334 g/mol. The van der Waals surface area contributed by atoms with Gasteiger partial charge in [0.15, 0.2) is 0 Å². The molecule has 2 heterocycles. The Morgan fingerprint density at radius 1 is 1.27 bits per heavy atom. The molecule has 0 aliphatic heterocycles. The molecule has 0 spiro atoms. The van der Waals surface area contributed by atoms with Gasteiger partial charge in [-0.15, -0.1) is 11.3 Å². The molecule has 0 radical (unpaired) electrons. The summed E-state index contributed by atoms with van der Waals surface area (Å²) in [6.07, 6.45) is 0.0812. The predicted molar refractivity (Wildman–Crippen MR) is 91.7 cm³/mol. The average Bonchev–Trinajstić information content (AvgIpc) is 3.01. The minimum absolute atomic E-state index is 0.342. The molecule has 2 N–H and O–H groups in total. The van der Waals surface area contributed by atoms with Crippen LogP contribution in [0.1, 0.15) is 24.4 Å². The third kappa shape index (κ3) is 3.06. The van der Waals surface area contributed by atoms with Crippen molar-refractivity contribution < 1.29 is 5.11 Å². The van der Waals surface area contributed by atoms with Crippen LogP contribution in [0, 0.1) is 0 Å². The van der Waals surface area contributed by atoms with Crippen molar-refractivity contribution in [3.05, 3.63) is 52.1 Å². The molecule has 3 rings (SSSR count). The molecule has 1 aromatic carbocycles. The number of hydrogen-bond donors (Lipinski definition) is 2. The van der Waals surface area contributed by atoms with E-state index >= 15 is 0 Å². The number of benzene rings is 1. The van der Waals surface area contributed by atoms with E-state index in [4.69, 9.17) is 11.6 Å². The standard InChI is InChI=1S/C16H16ClN3OS/c1-2-14-19-15(11-7-8-22-16(11)20-14)18-9-13(21)10-5-3-4-6-12(10)17/h3-8,13,21H,2,9H2,1H3,(H,18,19,20)/t13-/m1/s1. The van der Waals surface area contributed by atoms with Crippen molar-refractivity contribution in [3.63, 3.8) is 0 Å². The number of hydrogen-bond acceptors (Lipinski definition) is 5. The highest BCUT2D eigenvalue weighted by molar-refractivity contribution is 7.16. The first-order valence-electron chi connectivity index (χ1n) is 7.09. The molecule has 0 saturated heterocycles. The van der Waals surface area contributed by atoms with Crippen LogP contribution >= 0.6 is 22.9 Å². The number of nitrogens with one attached hydrogen (secondary N) is 1. The van der Waals surface area contributed by atoms with Crippen molar-refractivity contribution in [2.24, 2.45) is 0 Å². The van der Waals surface area contributed by atoms with Crippen LogP contribution in [-0.4, -0.2) is 21.6 Å². The zero-order chi connectivity index (χ0) is 15.5. The van der Waals surface area contributed by atoms with E-state index in [-0.39, 0.29) is 0 Å². The van der Waals surface area contributed by atoms with E-state index in [0.717, 1.165) is 28.3 Å². The van der Waals surface area contributed by atoms with Gasteiger partial charge < -0.3 is 10.4 Å². The van der Waals surface area contributed by atoms with Gasteiger partial charge in [-0.2, -0.15) is 0 Å². The highest BCUT2D eigenvalue weighted by Gasteiger charge is 2.13. The normalized spacial score (nSPS) is 12.5. The molecule has 114 valence electrons. The second kappa shape index (κ2) is 6.60. The number of aromatic nitrogens is 2. The molecule has 6 heteroatoms. The van der Waals surface area contributed by atoms with E-state index in [1.165, 1.54) is 0 Å². The van der Waals surface area contributed by atoms with E-state index < -0.39 is 6.10 Å². The molecule has 22 heavy (non-hydrogen) atoms. The molecule has 0 amide bonds. The molecule has 0 aliphatic rings. The Hall–Kier alpha value is -1.69. The summed E-state index contributed by atoms with van der Waals surface area (Å²) in [6, 6.07) is 9.30. The van der Waals surface area contributed by atoms with Gasteiger partial charge in [-0.25, -0.2) is 9.97 Å². The van der Waals surface area contributed by atoms with Crippen LogP contribution in [0.3, 0.4) is 0 Å². The van der Waals surface area contributed by atoms with Crippen LogP contribution in [0.15, 0.2) is 35.7 Å². The summed E-state index contributed by atoms with van der Waals surface area (Å²) < 4.78 is 0. The molecule has 0 fully saturated rings. The Kier molecular flexibility index (Phi) is 4.57. The summed E-state index contributed by atoms with van der Waals surface area (Å²) in [4.78, 5) is 9.98. The molecule has 4 nitrogen and oxygen atoms in total. The highest BCUT2D eigenvalue weighted by atomic mass is 35.5. The summed E-state index contributed by atoms with van der Waals surface area (Å²) in [5.41, 5.74) is 0.711. The molecule has 3 aromatic rings. The number of rotatable bonds is 5. The SMILES string of the molecule is CCc1nc(NC[C@@H](O)c2ccccc2Cl)c2ccsc2n1. The maximum Gasteiger partial charge on any atom is 0.138 e. The molecule has 0 bridgehead atoms. The van der Waals surface area contributed by atoms with Crippen molar-refractivity contribution in [1.82, 2.24) is 9.97 Å². The summed E-state index contributed by atoms with van der Waals surface area (Å²) >= 11 is 7.70. The predicted octanol–water partition coefficient (Wildman–Crippen LogP) is 4.05. The third-order valence-corrected chi connectivity index (χ3v) is 4.57. The van der Waals surface area contributed by atoms with Crippen LogP contribution in [-0.2, 0) is 6.42 Å². The van der Waals surface area contributed by atoms with E-state index in [1.54, 1.807) is 17.4 Å². The maximum atomic E-state index is 10.3. The van der Waals surface area contributed by atoms with Crippen LogP contribution in [0.2, 0.25) is 5.02 Å². The van der Waals surface area contributed by atoms with Crippen molar-refractivity contribution in [2.45, 2.75) is 19.4 Å². The number of thiophene rings is 1. The number of anilines is 1. The Labute approximate surface area is 137 Å². The zero-order valence-electron chi connectivity index (χ0n) is 12.1. The van der Waals surface area contributed by atoms with Crippen molar-refractivity contribution in [2.75, 3.05) is 11.9 Å². The molecule has 1 atom stereocenters. The Morgan fingerprint density at radius 3 is 2.86 bits per heavy atom. The lowest BCUT2D eigenvalue weighted by Crippen LogP contribution is -2.14. The number of aryl methyl sites for hydroxylation is 1. The molecule has 0 aliphatic carbocycles. The first-order chi connectivity index (χ1) is 10.7. The summed E-state index contributed by atoms with van der Waals surface area (Å²) in [5.74, 6) is 1.55. The van der Waals surface area contributed by atoms with Gasteiger partial charge in [0.2, 0.25) is 0 Å². The van der Waals surface area contributed by atoms with Crippen LogP contribution in [0.4, 0.5) is 5.82 Å². The number of nitrogens with zero attached hydrogens (tertiary/aromatic N) is 2. The van der Waals surface area contributed by atoms with Crippen molar-refractivity contribution in [1.29, 1.82) is 0 Å². The van der Waals surface area contributed by atoms with Crippen LogP contribution < -0.4 is 5.32 Å². The monoisotopic (exact) mass is 333 g/mol. The van der Waals surface area contributed by atoms with Crippen molar-refractivity contribution in [3.8, 4) is 0 Å². The molecule has 0 unspecified atom stereocenters. The first-order valence-corrected chi connectivity index (χ1v) is 8.35. The molecular formula is C16H16ClN3OS.